The number of aromatic hydroxyl groups is 1. The third kappa shape index (κ3) is 3.06. The number of phenolic OH excluding ortho intramolecular Hbond substituents is 1. The second-order valence-electron chi connectivity index (χ2n) is 7.61. The van der Waals surface area contributed by atoms with Gasteiger partial charge in [0.05, 0.1) is 5.70 Å². The van der Waals surface area contributed by atoms with Gasteiger partial charge >= 0.3 is 0 Å². The van der Waals surface area contributed by atoms with Crippen molar-refractivity contribution >= 4 is 0 Å². The van der Waals surface area contributed by atoms with Gasteiger partial charge in [0, 0.05) is 17.4 Å². The lowest BCUT2D eigenvalue weighted by atomic mass is 9.68. The molecule has 4 heteroatoms. The molecule has 0 fully saturated rings. The summed E-state index contributed by atoms with van der Waals surface area (Å²) in [4.78, 5) is 11.0. The van der Waals surface area contributed by atoms with Crippen LogP contribution in [0.5, 0.6) is 11.5 Å². The van der Waals surface area contributed by atoms with Crippen LogP contribution in [0.4, 0.5) is 0 Å². The fraction of sp³-hybridized carbons (Fsp3) is 0.600. The number of hydrogen-bond acceptors (Lipinski definition) is 4. The molecular formula is C20H27NO3. The molecule has 1 heterocycles. The average Bonchev–Trinajstić information content (AvgIpc) is 2.53. The molecule has 0 aromatic heterocycles. The molecule has 1 unspecified atom stereocenters. The Morgan fingerprint density at radius 3 is 2.83 bits per heavy atom. The van der Waals surface area contributed by atoms with Crippen LogP contribution in [0, 0.1) is 10.8 Å². The van der Waals surface area contributed by atoms with Crippen LogP contribution in [0.2, 0.25) is 0 Å². The van der Waals surface area contributed by atoms with Gasteiger partial charge in [0.1, 0.15) is 17.1 Å². The number of allylic oxidation sites excluding steroid dienone is 2. The van der Waals surface area contributed by atoms with E-state index in [0.29, 0.717) is 12.1 Å². The van der Waals surface area contributed by atoms with Crippen LogP contribution < -0.4 is 4.74 Å². The highest BCUT2D eigenvalue weighted by atomic mass is 16.5. The zero-order valence-electron chi connectivity index (χ0n) is 14.8. The topological polar surface area (TPSA) is 58.9 Å². The first-order chi connectivity index (χ1) is 11.5. The van der Waals surface area contributed by atoms with Crippen LogP contribution in [0.1, 0.15) is 69.9 Å². The summed E-state index contributed by atoms with van der Waals surface area (Å²) in [6, 6.07) is 3.93. The number of benzene rings is 1. The van der Waals surface area contributed by atoms with E-state index in [1.54, 1.807) is 0 Å². The molecule has 24 heavy (non-hydrogen) atoms. The molecule has 2 atom stereocenters. The van der Waals surface area contributed by atoms with Crippen LogP contribution >= 0.6 is 0 Å². The minimum absolute atomic E-state index is 0.00473. The Kier molecular flexibility index (Phi) is 4.66. The van der Waals surface area contributed by atoms with Crippen molar-refractivity contribution in [3.05, 3.63) is 39.9 Å². The Morgan fingerprint density at radius 2 is 2.12 bits per heavy atom. The maximum absolute atomic E-state index is 11.0. The summed E-state index contributed by atoms with van der Waals surface area (Å²) >= 11 is 0. The minimum atomic E-state index is -0.322. The summed E-state index contributed by atoms with van der Waals surface area (Å²) in [5.74, 6) is 1.28. The quantitative estimate of drug-likeness (QED) is 0.578. The van der Waals surface area contributed by atoms with Crippen molar-refractivity contribution in [2.75, 3.05) is 0 Å². The Hall–Kier alpha value is -1.84. The predicted molar refractivity (Wildman–Crippen MR) is 95.4 cm³/mol. The Balaban J connectivity index is 2.00. The highest BCUT2D eigenvalue weighted by molar-refractivity contribution is 5.54. The minimum Gasteiger partial charge on any atom is -0.507 e. The van der Waals surface area contributed by atoms with Gasteiger partial charge in [0.2, 0.25) is 0 Å². The van der Waals surface area contributed by atoms with Crippen LogP contribution in [0.25, 0.3) is 0 Å². The van der Waals surface area contributed by atoms with Crippen molar-refractivity contribution in [2.45, 2.75) is 70.8 Å². The maximum atomic E-state index is 11.0. The third-order valence-electron chi connectivity index (χ3n) is 5.48. The third-order valence-corrected chi connectivity index (χ3v) is 5.48. The molecule has 4 nitrogen and oxygen atoms in total. The molecule has 1 aliphatic heterocycles. The second kappa shape index (κ2) is 6.58. The van der Waals surface area contributed by atoms with Crippen molar-refractivity contribution in [3.8, 4) is 11.5 Å². The number of unbranched alkanes of at least 4 members (excludes halogenated alkanes) is 2. The molecule has 1 N–H and O–H groups in total. The molecule has 0 saturated heterocycles. The zero-order valence-corrected chi connectivity index (χ0v) is 14.8. The standard InChI is InChI=1S/C20H27NO3/c1-4-5-6-7-13-10-17(22)19-15-12-14(21-23)8-9-16(15)20(2,3)24-18(19)11-13/h10-12,15-16,22H,4-9H2,1-3H3/t15?,16-/m1/s1. The van der Waals surface area contributed by atoms with Gasteiger partial charge in [-0.3, -0.25) is 0 Å². The van der Waals surface area contributed by atoms with E-state index >= 15 is 0 Å². The van der Waals surface area contributed by atoms with E-state index in [4.69, 9.17) is 4.74 Å². The van der Waals surface area contributed by atoms with Gasteiger partial charge in [-0.05, 0) is 62.4 Å². The maximum Gasteiger partial charge on any atom is 0.127 e. The number of nitrogens with zero attached hydrogens (tertiary/aromatic N) is 1. The number of phenols is 1. The van der Waals surface area contributed by atoms with Crippen LogP contribution in [-0.2, 0) is 6.42 Å². The van der Waals surface area contributed by atoms with Gasteiger partial charge in [-0.1, -0.05) is 25.8 Å². The number of hydrogen-bond donors (Lipinski definition) is 1. The van der Waals surface area contributed by atoms with E-state index in [-0.39, 0.29) is 23.2 Å². The van der Waals surface area contributed by atoms with Gasteiger partial charge in [-0.25, -0.2) is 0 Å². The van der Waals surface area contributed by atoms with E-state index in [1.165, 1.54) is 12.8 Å². The first kappa shape index (κ1) is 17.0. The zero-order chi connectivity index (χ0) is 17.3. The normalized spacial score (nSPS) is 24.4. The highest BCUT2D eigenvalue weighted by Gasteiger charge is 2.45. The fourth-order valence-electron chi connectivity index (χ4n) is 4.20. The molecule has 1 aromatic carbocycles. The molecular weight excluding hydrogens is 302 g/mol. The first-order valence-corrected chi connectivity index (χ1v) is 9.05. The molecule has 1 aliphatic carbocycles. The number of aryl methyl sites for hydroxylation is 1. The monoisotopic (exact) mass is 329 g/mol. The van der Waals surface area contributed by atoms with Gasteiger partial charge in [-0.2, -0.15) is 0 Å². The molecule has 0 saturated carbocycles. The van der Waals surface area contributed by atoms with E-state index in [1.807, 2.05) is 12.1 Å². The summed E-state index contributed by atoms with van der Waals surface area (Å²) in [5, 5.41) is 13.8. The predicted octanol–water partition coefficient (Wildman–Crippen LogP) is 5.44. The van der Waals surface area contributed by atoms with Crippen LogP contribution in [-0.4, -0.2) is 10.7 Å². The molecule has 1 aromatic rings. The summed E-state index contributed by atoms with van der Waals surface area (Å²) in [6.07, 6.45) is 7.89. The molecule has 0 amide bonds. The number of fused-ring (bicyclic) bond motifs is 3. The highest BCUT2D eigenvalue weighted by Crippen LogP contribution is 2.53. The first-order valence-electron chi connectivity index (χ1n) is 9.05. The lowest BCUT2D eigenvalue weighted by Crippen LogP contribution is -2.45. The van der Waals surface area contributed by atoms with Crippen molar-refractivity contribution in [1.29, 1.82) is 0 Å². The molecule has 2 aliphatic rings. The largest absolute Gasteiger partial charge is 0.507 e. The van der Waals surface area contributed by atoms with Gasteiger partial charge in [-0.15, -0.1) is 4.91 Å². The Morgan fingerprint density at radius 1 is 1.33 bits per heavy atom. The second-order valence-corrected chi connectivity index (χ2v) is 7.61. The lowest BCUT2D eigenvalue weighted by molar-refractivity contribution is 0.0106. The number of rotatable bonds is 5. The average molecular weight is 329 g/mol. The number of ether oxygens (including phenoxy) is 1. The molecule has 130 valence electrons. The van der Waals surface area contributed by atoms with Crippen molar-refractivity contribution in [3.63, 3.8) is 0 Å². The van der Waals surface area contributed by atoms with E-state index < -0.39 is 0 Å². The fourth-order valence-corrected chi connectivity index (χ4v) is 4.20. The smallest absolute Gasteiger partial charge is 0.127 e. The van der Waals surface area contributed by atoms with Crippen molar-refractivity contribution in [1.82, 2.24) is 0 Å². The van der Waals surface area contributed by atoms with Crippen molar-refractivity contribution in [2.24, 2.45) is 11.1 Å². The van der Waals surface area contributed by atoms with E-state index in [2.05, 4.69) is 32.0 Å². The Bertz CT molecular complexity index is 663. The summed E-state index contributed by atoms with van der Waals surface area (Å²) in [6.45, 7) is 6.38. The van der Waals surface area contributed by atoms with Crippen LogP contribution in [0.15, 0.2) is 29.1 Å². The summed E-state index contributed by atoms with van der Waals surface area (Å²) in [5.41, 5.74) is 2.20. The van der Waals surface area contributed by atoms with Gasteiger partial charge < -0.3 is 9.84 Å². The van der Waals surface area contributed by atoms with Crippen molar-refractivity contribution < 1.29 is 9.84 Å². The summed E-state index contributed by atoms with van der Waals surface area (Å²) in [7, 11) is 0. The van der Waals surface area contributed by atoms with Crippen LogP contribution in [0.3, 0.4) is 0 Å². The molecule has 0 spiro atoms. The Labute approximate surface area is 143 Å². The van der Waals surface area contributed by atoms with E-state index in [0.717, 1.165) is 36.1 Å². The summed E-state index contributed by atoms with van der Waals surface area (Å²) < 4.78 is 6.29. The number of nitroso groups, excluding NO2 is 1. The van der Waals surface area contributed by atoms with Gasteiger partial charge in [0.15, 0.2) is 0 Å². The molecule has 0 bridgehead atoms. The lowest BCUT2D eigenvalue weighted by Gasteiger charge is -2.46. The molecule has 3 rings (SSSR count). The molecule has 0 radical (unpaired) electrons. The van der Waals surface area contributed by atoms with E-state index in [9.17, 15) is 10.0 Å². The van der Waals surface area contributed by atoms with Gasteiger partial charge in [0.25, 0.3) is 0 Å². The SMILES string of the molecule is CCCCCc1cc(O)c2c(c1)OC(C)(C)[C@@H]1CCC(N=O)=CC21.